The van der Waals surface area contributed by atoms with Crippen molar-refractivity contribution < 1.29 is 4.79 Å². The number of carbonyl (C=O) groups excluding carboxylic acids is 1. The van der Waals surface area contributed by atoms with E-state index in [1.165, 1.54) is 10.9 Å². The van der Waals surface area contributed by atoms with Crippen molar-refractivity contribution in [1.29, 1.82) is 0 Å². The highest BCUT2D eigenvalue weighted by Gasteiger charge is 2.07. The highest BCUT2D eigenvalue weighted by molar-refractivity contribution is 5.83. The number of aromatic nitrogens is 3. The number of para-hydroxylation sites is 2. The van der Waals surface area contributed by atoms with E-state index >= 15 is 0 Å². The number of nitrogens with one attached hydrogen (secondary N) is 3. The molecule has 2 aromatic heterocycles. The molecule has 136 valence electrons. The standard InChI is InChI=1S/C21H20N4O2/c26-20(22-12-11-14-13-23-17-7-3-1-5-15(14)17)10-9-19-24-18-8-4-2-6-16(18)21(27)25-19/h1-8,13,23H,9-12H2,(H,22,26)(H,24,25,27). The highest BCUT2D eigenvalue weighted by atomic mass is 16.1. The van der Waals surface area contributed by atoms with Crippen LogP contribution in [0.1, 0.15) is 17.8 Å². The molecule has 4 rings (SSSR count). The summed E-state index contributed by atoms with van der Waals surface area (Å²) in [4.78, 5) is 34.6. The largest absolute Gasteiger partial charge is 0.361 e. The third-order valence-corrected chi connectivity index (χ3v) is 4.64. The van der Waals surface area contributed by atoms with Crippen molar-refractivity contribution in [1.82, 2.24) is 20.3 Å². The van der Waals surface area contributed by atoms with Crippen molar-refractivity contribution in [2.45, 2.75) is 19.3 Å². The summed E-state index contributed by atoms with van der Waals surface area (Å²) >= 11 is 0. The Labute approximate surface area is 155 Å². The maximum Gasteiger partial charge on any atom is 0.258 e. The van der Waals surface area contributed by atoms with Gasteiger partial charge in [0, 0.05) is 36.5 Å². The zero-order valence-corrected chi connectivity index (χ0v) is 14.8. The van der Waals surface area contributed by atoms with Crippen LogP contribution >= 0.6 is 0 Å². The molecule has 1 amide bonds. The summed E-state index contributed by atoms with van der Waals surface area (Å²) in [6.07, 6.45) is 3.44. The molecule has 0 saturated heterocycles. The first-order valence-electron chi connectivity index (χ1n) is 9.00. The number of hydrogen-bond donors (Lipinski definition) is 3. The summed E-state index contributed by atoms with van der Waals surface area (Å²) in [5.74, 6) is 0.483. The number of nitrogens with zero attached hydrogens (tertiary/aromatic N) is 1. The van der Waals surface area contributed by atoms with Crippen molar-refractivity contribution in [3.63, 3.8) is 0 Å². The van der Waals surface area contributed by atoms with E-state index in [2.05, 4.69) is 26.3 Å². The molecule has 0 saturated carbocycles. The minimum absolute atomic E-state index is 0.0503. The van der Waals surface area contributed by atoms with E-state index in [4.69, 9.17) is 0 Å². The second kappa shape index (κ2) is 7.45. The van der Waals surface area contributed by atoms with Gasteiger partial charge in [-0.2, -0.15) is 0 Å². The third kappa shape index (κ3) is 3.74. The van der Waals surface area contributed by atoms with E-state index in [0.29, 0.717) is 29.7 Å². The normalized spacial score (nSPS) is 11.1. The van der Waals surface area contributed by atoms with Gasteiger partial charge in [0.25, 0.3) is 5.56 Å². The molecular weight excluding hydrogens is 340 g/mol. The highest BCUT2D eigenvalue weighted by Crippen LogP contribution is 2.17. The summed E-state index contributed by atoms with van der Waals surface area (Å²) in [6.45, 7) is 0.572. The van der Waals surface area contributed by atoms with E-state index in [0.717, 1.165) is 11.9 Å². The summed E-state index contributed by atoms with van der Waals surface area (Å²) in [6, 6.07) is 15.3. The molecular formula is C21H20N4O2. The minimum atomic E-state index is -0.171. The number of aromatic amines is 2. The van der Waals surface area contributed by atoms with Gasteiger partial charge in [-0.3, -0.25) is 9.59 Å². The molecule has 0 spiro atoms. The monoisotopic (exact) mass is 360 g/mol. The molecule has 0 unspecified atom stereocenters. The van der Waals surface area contributed by atoms with Gasteiger partial charge < -0.3 is 15.3 Å². The number of rotatable bonds is 6. The van der Waals surface area contributed by atoms with Crippen LogP contribution in [0.2, 0.25) is 0 Å². The summed E-state index contributed by atoms with van der Waals surface area (Å²) in [5, 5.41) is 4.68. The fourth-order valence-corrected chi connectivity index (χ4v) is 3.25. The zero-order chi connectivity index (χ0) is 18.6. The van der Waals surface area contributed by atoms with Crippen LogP contribution in [0.15, 0.2) is 59.5 Å². The number of fused-ring (bicyclic) bond motifs is 2. The zero-order valence-electron chi connectivity index (χ0n) is 14.8. The van der Waals surface area contributed by atoms with Crippen LogP contribution in [-0.2, 0) is 17.6 Å². The fourth-order valence-electron chi connectivity index (χ4n) is 3.25. The predicted octanol–water partition coefficient (Wildman–Crippen LogP) is 2.70. The van der Waals surface area contributed by atoms with E-state index in [9.17, 15) is 9.59 Å². The van der Waals surface area contributed by atoms with E-state index < -0.39 is 0 Å². The van der Waals surface area contributed by atoms with Gasteiger partial charge in [-0.05, 0) is 30.2 Å². The van der Waals surface area contributed by atoms with Gasteiger partial charge in [0.2, 0.25) is 5.91 Å². The lowest BCUT2D eigenvalue weighted by Crippen LogP contribution is -2.26. The average molecular weight is 360 g/mol. The van der Waals surface area contributed by atoms with E-state index in [-0.39, 0.29) is 17.9 Å². The number of amides is 1. The Morgan fingerprint density at radius 1 is 1.00 bits per heavy atom. The lowest BCUT2D eigenvalue weighted by molar-refractivity contribution is -0.121. The SMILES string of the molecule is O=C(CCc1nc2ccccc2c(=O)[nH]1)NCCc1c[nH]c2ccccc12. The summed E-state index contributed by atoms with van der Waals surface area (Å²) < 4.78 is 0. The molecule has 2 aromatic carbocycles. The molecule has 27 heavy (non-hydrogen) atoms. The Balaban J connectivity index is 1.32. The summed E-state index contributed by atoms with van der Waals surface area (Å²) in [7, 11) is 0. The first-order chi connectivity index (χ1) is 13.2. The van der Waals surface area contributed by atoms with Crippen molar-refractivity contribution in [2.24, 2.45) is 0 Å². The lowest BCUT2D eigenvalue weighted by Gasteiger charge is -2.05. The molecule has 3 N–H and O–H groups in total. The average Bonchev–Trinajstić information content (AvgIpc) is 3.10. The van der Waals surface area contributed by atoms with Crippen LogP contribution in [-0.4, -0.2) is 27.4 Å². The van der Waals surface area contributed by atoms with Crippen LogP contribution < -0.4 is 10.9 Å². The number of H-pyrrole nitrogens is 2. The van der Waals surface area contributed by atoms with Crippen LogP contribution in [0.25, 0.3) is 21.8 Å². The quantitative estimate of drug-likeness (QED) is 0.494. The molecule has 0 aliphatic carbocycles. The van der Waals surface area contributed by atoms with Gasteiger partial charge in [-0.1, -0.05) is 30.3 Å². The molecule has 0 aliphatic heterocycles. The Kier molecular flexibility index (Phi) is 4.70. The molecule has 0 atom stereocenters. The second-order valence-corrected chi connectivity index (χ2v) is 6.49. The Bertz CT molecular complexity index is 1160. The molecule has 0 fully saturated rings. The molecule has 2 heterocycles. The van der Waals surface area contributed by atoms with Crippen LogP contribution in [0.5, 0.6) is 0 Å². The van der Waals surface area contributed by atoms with E-state index in [1.54, 1.807) is 18.2 Å². The van der Waals surface area contributed by atoms with Crippen LogP contribution in [0.4, 0.5) is 0 Å². The van der Waals surface area contributed by atoms with Gasteiger partial charge in [0.1, 0.15) is 5.82 Å². The van der Waals surface area contributed by atoms with Crippen molar-refractivity contribution in [2.75, 3.05) is 6.54 Å². The number of aryl methyl sites for hydroxylation is 1. The predicted molar refractivity (Wildman–Crippen MR) is 106 cm³/mol. The smallest absolute Gasteiger partial charge is 0.258 e. The van der Waals surface area contributed by atoms with Gasteiger partial charge in [-0.15, -0.1) is 0 Å². The Morgan fingerprint density at radius 2 is 1.78 bits per heavy atom. The number of carbonyl (C=O) groups is 1. The van der Waals surface area contributed by atoms with Gasteiger partial charge in [-0.25, -0.2) is 4.98 Å². The first kappa shape index (κ1) is 17.0. The second-order valence-electron chi connectivity index (χ2n) is 6.49. The topological polar surface area (TPSA) is 90.6 Å². The molecule has 6 heteroatoms. The van der Waals surface area contributed by atoms with Crippen molar-refractivity contribution in [3.8, 4) is 0 Å². The molecule has 0 radical (unpaired) electrons. The summed E-state index contributed by atoms with van der Waals surface area (Å²) in [5.41, 5.74) is 2.77. The van der Waals surface area contributed by atoms with Gasteiger partial charge in [0.15, 0.2) is 0 Å². The third-order valence-electron chi connectivity index (χ3n) is 4.64. The maximum atomic E-state index is 12.1. The Hall–Kier alpha value is -3.41. The molecule has 0 aliphatic rings. The maximum absolute atomic E-state index is 12.1. The van der Waals surface area contributed by atoms with Crippen LogP contribution in [0.3, 0.4) is 0 Å². The lowest BCUT2D eigenvalue weighted by atomic mass is 10.1. The van der Waals surface area contributed by atoms with Crippen molar-refractivity contribution >= 4 is 27.7 Å². The van der Waals surface area contributed by atoms with Gasteiger partial charge in [0.05, 0.1) is 10.9 Å². The molecule has 0 bridgehead atoms. The molecule has 4 aromatic rings. The number of benzene rings is 2. The van der Waals surface area contributed by atoms with Crippen molar-refractivity contribution in [3.05, 3.63) is 76.5 Å². The first-order valence-corrected chi connectivity index (χ1v) is 9.00. The van der Waals surface area contributed by atoms with Crippen LogP contribution in [0, 0.1) is 0 Å². The van der Waals surface area contributed by atoms with E-state index in [1.807, 2.05) is 30.5 Å². The molecule has 6 nitrogen and oxygen atoms in total. The van der Waals surface area contributed by atoms with Gasteiger partial charge >= 0.3 is 0 Å². The Morgan fingerprint density at radius 3 is 2.67 bits per heavy atom. The minimum Gasteiger partial charge on any atom is -0.361 e. The number of hydrogen-bond acceptors (Lipinski definition) is 3. The fraction of sp³-hybridized carbons (Fsp3) is 0.190.